The fourth-order valence-electron chi connectivity index (χ4n) is 1.76. The number of hydrogen-bond acceptors (Lipinski definition) is 2. The third-order valence-corrected chi connectivity index (χ3v) is 2.82. The highest BCUT2D eigenvalue weighted by molar-refractivity contribution is 6.01. The van der Waals surface area contributed by atoms with Gasteiger partial charge in [-0.3, -0.25) is 9.69 Å². The van der Waals surface area contributed by atoms with Crippen LogP contribution < -0.4 is 5.32 Å². The van der Waals surface area contributed by atoms with Gasteiger partial charge in [-0.15, -0.1) is 0 Å². The molecule has 13 heavy (non-hydrogen) atoms. The Bertz CT molecular complexity index is 258. The molecular weight excluding hydrogens is 168 g/mol. The SMILES string of the molecule is CCCN1C(=O)NCC2(CC2)C1=O. The van der Waals surface area contributed by atoms with Crippen LogP contribution in [-0.2, 0) is 4.79 Å². The topological polar surface area (TPSA) is 49.4 Å². The number of imide groups is 1. The minimum atomic E-state index is -0.218. The molecule has 72 valence electrons. The first kappa shape index (κ1) is 8.53. The third kappa shape index (κ3) is 1.20. The summed E-state index contributed by atoms with van der Waals surface area (Å²) in [6.07, 6.45) is 2.70. The van der Waals surface area contributed by atoms with E-state index in [4.69, 9.17) is 0 Å². The van der Waals surface area contributed by atoms with Crippen molar-refractivity contribution in [3.05, 3.63) is 0 Å². The van der Waals surface area contributed by atoms with Crippen LogP contribution >= 0.6 is 0 Å². The van der Waals surface area contributed by atoms with E-state index in [0.717, 1.165) is 19.3 Å². The zero-order valence-corrected chi connectivity index (χ0v) is 7.80. The average molecular weight is 182 g/mol. The van der Waals surface area contributed by atoms with Crippen LogP contribution in [0.4, 0.5) is 4.79 Å². The lowest BCUT2D eigenvalue weighted by molar-refractivity contribution is -0.135. The Kier molecular flexibility index (Phi) is 1.78. The summed E-state index contributed by atoms with van der Waals surface area (Å²) in [5.74, 6) is 0.0399. The summed E-state index contributed by atoms with van der Waals surface area (Å²) < 4.78 is 0. The van der Waals surface area contributed by atoms with Crippen molar-refractivity contribution in [1.82, 2.24) is 10.2 Å². The molecule has 2 rings (SSSR count). The molecule has 1 spiro atoms. The molecule has 1 saturated heterocycles. The smallest absolute Gasteiger partial charge is 0.324 e. The van der Waals surface area contributed by atoms with Crippen LogP contribution in [0.25, 0.3) is 0 Å². The van der Waals surface area contributed by atoms with Crippen molar-refractivity contribution in [2.75, 3.05) is 13.1 Å². The standard InChI is InChI=1S/C9H14N2O2/c1-2-5-11-7(12)9(3-4-9)6-10-8(11)13/h2-6H2,1H3,(H,10,13). The molecule has 0 atom stereocenters. The van der Waals surface area contributed by atoms with Crippen molar-refractivity contribution >= 4 is 11.9 Å². The number of urea groups is 1. The van der Waals surface area contributed by atoms with Crippen LogP contribution in [0, 0.1) is 5.41 Å². The lowest BCUT2D eigenvalue weighted by Crippen LogP contribution is -2.56. The molecule has 0 aromatic rings. The van der Waals surface area contributed by atoms with E-state index in [0.29, 0.717) is 13.1 Å². The van der Waals surface area contributed by atoms with Gasteiger partial charge in [0.05, 0.1) is 5.41 Å². The van der Waals surface area contributed by atoms with Crippen LogP contribution in [0.15, 0.2) is 0 Å². The summed E-state index contributed by atoms with van der Waals surface area (Å²) in [7, 11) is 0. The molecule has 4 heteroatoms. The molecule has 2 fully saturated rings. The summed E-state index contributed by atoms with van der Waals surface area (Å²) >= 11 is 0. The van der Waals surface area contributed by atoms with Crippen LogP contribution in [-0.4, -0.2) is 29.9 Å². The van der Waals surface area contributed by atoms with Gasteiger partial charge in [0.1, 0.15) is 0 Å². The Hall–Kier alpha value is -1.06. The summed E-state index contributed by atoms with van der Waals surface area (Å²) in [5, 5.41) is 2.77. The molecule has 3 amide bonds. The predicted molar refractivity (Wildman–Crippen MR) is 47.1 cm³/mol. The Morgan fingerprint density at radius 1 is 1.46 bits per heavy atom. The van der Waals surface area contributed by atoms with Gasteiger partial charge in [0.15, 0.2) is 0 Å². The van der Waals surface area contributed by atoms with E-state index < -0.39 is 0 Å². The van der Waals surface area contributed by atoms with E-state index >= 15 is 0 Å². The first-order valence-electron chi connectivity index (χ1n) is 4.79. The predicted octanol–water partition coefficient (Wildman–Crippen LogP) is 0.728. The zero-order chi connectivity index (χ0) is 9.47. The molecule has 1 N–H and O–H groups in total. The fourth-order valence-corrected chi connectivity index (χ4v) is 1.76. The third-order valence-electron chi connectivity index (χ3n) is 2.82. The molecule has 0 unspecified atom stereocenters. The number of nitrogens with zero attached hydrogens (tertiary/aromatic N) is 1. The molecule has 0 aromatic heterocycles. The van der Waals surface area contributed by atoms with Crippen molar-refractivity contribution in [2.45, 2.75) is 26.2 Å². The summed E-state index contributed by atoms with van der Waals surface area (Å²) in [5.41, 5.74) is -0.205. The van der Waals surface area contributed by atoms with Crippen LogP contribution in [0.3, 0.4) is 0 Å². The van der Waals surface area contributed by atoms with E-state index in [1.165, 1.54) is 4.90 Å². The first-order chi connectivity index (χ1) is 6.19. The van der Waals surface area contributed by atoms with E-state index in [1.54, 1.807) is 0 Å². The second-order valence-corrected chi connectivity index (χ2v) is 3.90. The Balaban J connectivity index is 2.13. The molecule has 1 aliphatic heterocycles. The zero-order valence-electron chi connectivity index (χ0n) is 7.80. The molecule has 4 nitrogen and oxygen atoms in total. The molecular formula is C9H14N2O2. The Labute approximate surface area is 77.3 Å². The highest BCUT2D eigenvalue weighted by atomic mass is 16.2. The maximum absolute atomic E-state index is 11.8. The normalized spacial score (nSPS) is 24.8. The van der Waals surface area contributed by atoms with Crippen molar-refractivity contribution in [2.24, 2.45) is 5.41 Å². The fraction of sp³-hybridized carbons (Fsp3) is 0.778. The van der Waals surface area contributed by atoms with Crippen molar-refractivity contribution in [3.63, 3.8) is 0 Å². The molecule has 1 heterocycles. The van der Waals surface area contributed by atoms with Gasteiger partial charge in [0, 0.05) is 13.1 Å². The minimum Gasteiger partial charge on any atom is -0.337 e. The quantitative estimate of drug-likeness (QED) is 0.684. The summed E-state index contributed by atoms with van der Waals surface area (Å²) in [6.45, 7) is 3.06. The Morgan fingerprint density at radius 3 is 2.69 bits per heavy atom. The number of hydrogen-bond donors (Lipinski definition) is 1. The second kappa shape index (κ2) is 2.72. The van der Waals surface area contributed by atoms with Gasteiger partial charge in [0.2, 0.25) is 5.91 Å². The average Bonchev–Trinajstić information content (AvgIpc) is 2.88. The molecule has 1 saturated carbocycles. The molecule has 0 aromatic carbocycles. The maximum Gasteiger partial charge on any atom is 0.324 e. The van der Waals surface area contributed by atoms with Crippen molar-refractivity contribution in [1.29, 1.82) is 0 Å². The highest BCUT2D eigenvalue weighted by Gasteiger charge is 2.55. The Morgan fingerprint density at radius 2 is 2.15 bits per heavy atom. The molecule has 2 aliphatic rings. The number of nitrogens with one attached hydrogen (secondary N) is 1. The highest BCUT2D eigenvalue weighted by Crippen LogP contribution is 2.47. The molecule has 1 aliphatic carbocycles. The number of amides is 3. The monoisotopic (exact) mass is 182 g/mol. The molecule has 0 bridgehead atoms. The minimum absolute atomic E-state index is 0.0399. The number of rotatable bonds is 2. The van der Waals surface area contributed by atoms with Gasteiger partial charge >= 0.3 is 6.03 Å². The van der Waals surface area contributed by atoms with Gasteiger partial charge in [-0.2, -0.15) is 0 Å². The number of carbonyl (C=O) groups is 2. The van der Waals surface area contributed by atoms with E-state index in [-0.39, 0.29) is 17.4 Å². The van der Waals surface area contributed by atoms with E-state index in [1.807, 2.05) is 6.92 Å². The maximum atomic E-state index is 11.8. The van der Waals surface area contributed by atoms with Crippen molar-refractivity contribution in [3.8, 4) is 0 Å². The lowest BCUT2D eigenvalue weighted by Gasteiger charge is -2.31. The second-order valence-electron chi connectivity index (χ2n) is 3.90. The van der Waals surface area contributed by atoms with Crippen LogP contribution in [0.1, 0.15) is 26.2 Å². The summed E-state index contributed by atoms with van der Waals surface area (Å²) in [6, 6.07) is -0.218. The van der Waals surface area contributed by atoms with Crippen LogP contribution in [0.2, 0.25) is 0 Å². The van der Waals surface area contributed by atoms with Crippen LogP contribution in [0.5, 0.6) is 0 Å². The van der Waals surface area contributed by atoms with E-state index in [9.17, 15) is 9.59 Å². The van der Waals surface area contributed by atoms with Crippen molar-refractivity contribution < 1.29 is 9.59 Å². The molecule has 0 radical (unpaired) electrons. The van der Waals surface area contributed by atoms with Gasteiger partial charge in [-0.05, 0) is 19.3 Å². The summed E-state index contributed by atoms with van der Waals surface area (Å²) in [4.78, 5) is 24.4. The van der Waals surface area contributed by atoms with E-state index in [2.05, 4.69) is 5.32 Å². The van der Waals surface area contributed by atoms with Gasteiger partial charge in [-0.1, -0.05) is 6.92 Å². The lowest BCUT2D eigenvalue weighted by atomic mass is 10.0. The number of carbonyl (C=O) groups excluding carboxylic acids is 2. The van der Waals surface area contributed by atoms with Gasteiger partial charge in [-0.25, -0.2) is 4.79 Å². The van der Waals surface area contributed by atoms with Gasteiger partial charge in [0.25, 0.3) is 0 Å². The van der Waals surface area contributed by atoms with Gasteiger partial charge < -0.3 is 5.32 Å². The first-order valence-corrected chi connectivity index (χ1v) is 4.79. The largest absolute Gasteiger partial charge is 0.337 e.